The van der Waals surface area contributed by atoms with E-state index in [9.17, 15) is 0 Å². The molecular formula is C18H16N2. The molecule has 0 radical (unpaired) electrons. The van der Waals surface area contributed by atoms with E-state index in [0.29, 0.717) is 0 Å². The van der Waals surface area contributed by atoms with Crippen LogP contribution in [0.3, 0.4) is 0 Å². The number of aromatic nitrogens is 2. The Hall–Kier alpha value is -2.35. The number of rotatable bonds is 1. The molecule has 2 nitrogen and oxygen atoms in total. The van der Waals surface area contributed by atoms with Crippen LogP contribution >= 0.6 is 0 Å². The van der Waals surface area contributed by atoms with E-state index in [0.717, 1.165) is 18.1 Å². The van der Waals surface area contributed by atoms with Crippen LogP contribution in [0.5, 0.6) is 0 Å². The molecule has 2 heteroatoms. The summed E-state index contributed by atoms with van der Waals surface area (Å²) in [4.78, 5) is 4.87. The molecule has 1 aromatic heterocycles. The van der Waals surface area contributed by atoms with Gasteiger partial charge in [0.2, 0.25) is 0 Å². The lowest BCUT2D eigenvalue weighted by Gasteiger charge is -2.04. The molecule has 2 heterocycles. The van der Waals surface area contributed by atoms with E-state index in [-0.39, 0.29) is 0 Å². The Balaban J connectivity index is 1.87. The van der Waals surface area contributed by atoms with E-state index in [4.69, 9.17) is 4.98 Å². The average molecular weight is 260 g/mol. The van der Waals surface area contributed by atoms with Crippen molar-refractivity contribution >= 4 is 0 Å². The number of benzene rings is 2. The zero-order chi connectivity index (χ0) is 13.7. The van der Waals surface area contributed by atoms with Gasteiger partial charge in [-0.2, -0.15) is 0 Å². The van der Waals surface area contributed by atoms with Crippen molar-refractivity contribution in [2.45, 2.75) is 20.4 Å². The number of hydrogen-bond acceptors (Lipinski definition) is 1. The van der Waals surface area contributed by atoms with Crippen molar-refractivity contribution in [3.05, 3.63) is 65.4 Å². The van der Waals surface area contributed by atoms with Crippen LogP contribution in [-0.4, -0.2) is 9.55 Å². The molecule has 0 saturated carbocycles. The zero-order valence-corrected chi connectivity index (χ0v) is 11.7. The molecule has 0 amide bonds. The van der Waals surface area contributed by atoms with Gasteiger partial charge in [-0.3, -0.25) is 0 Å². The summed E-state index contributed by atoms with van der Waals surface area (Å²) in [5.41, 5.74) is 7.51. The second-order valence-corrected chi connectivity index (χ2v) is 5.55. The molecule has 0 spiro atoms. The van der Waals surface area contributed by atoms with Crippen molar-refractivity contribution in [2.24, 2.45) is 0 Å². The fourth-order valence-corrected chi connectivity index (χ4v) is 2.95. The maximum absolute atomic E-state index is 4.87. The van der Waals surface area contributed by atoms with E-state index in [1.54, 1.807) is 0 Å². The van der Waals surface area contributed by atoms with Gasteiger partial charge in [-0.05, 0) is 31.0 Å². The van der Waals surface area contributed by atoms with E-state index >= 15 is 0 Å². The minimum Gasteiger partial charge on any atom is -0.326 e. The lowest BCUT2D eigenvalue weighted by molar-refractivity contribution is 0.848. The molecule has 0 fully saturated rings. The quantitative estimate of drug-likeness (QED) is 0.501. The summed E-state index contributed by atoms with van der Waals surface area (Å²) in [6, 6.07) is 15.1. The topological polar surface area (TPSA) is 17.8 Å². The molecule has 98 valence electrons. The minimum absolute atomic E-state index is 0.934. The van der Waals surface area contributed by atoms with E-state index in [1.807, 2.05) is 0 Å². The smallest absolute Gasteiger partial charge is 0.141 e. The average Bonchev–Trinajstić information content (AvgIpc) is 2.99. The Kier molecular flexibility index (Phi) is 2.34. The Labute approximate surface area is 118 Å². The van der Waals surface area contributed by atoms with Gasteiger partial charge in [0.05, 0.1) is 5.69 Å². The lowest BCUT2D eigenvalue weighted by Crippen LogP contribution is -1.90. The summed E-state index contributed by atoms with van der Waals surface area (Å²) in [5.74, 6) is 1.09. The highest BCUT2D eigenvalue weighted by atomic mass is 15.1. The molecular weight excluding hydrogens is 244 g/mol. The number of hydrogen-bond donors (Lipinski definition) is 0. The lowest BCUT2D eigenvalue weighted by atomic mass is 10.0. The van der Waals surface area contributed by atoms with Crippen molar-refractivity contribution in [1.82, 2.24) is 9.55 Å². The molecule has 1 aliphatic rings. The van der Waals surface area contributed by atoms with Crippen molar-refractivity contribution in [2.75, 3.05) is 0 Å². The van der Waals surface area contributed by atoms with E-state index < -0.39 is 0 Å². The second-order valence-electron chi connectivity index (χ2n) is 5.55. The summed E-state index contributed by atoms with van der Waals surface area (Å²) in [7, 11) is 0. The predicted octanol–water partition coefficient (Wildman–Crippen LogP) is 4.20. The fraction of sp³-hybridized carbons (Fsp3) is 0.167. The molecule has 2 aromatic carbocycles. The van der Waals surface area contributed by atoms with Crippen LogP contribution in [0.2, 0.25) is 0 Å². The van der Waals surface area contributed by atoms with Crippen LogP contribution in [0.15, 0.2) is 48.7 Å². The van der Waals surface area contributed by atoms with Crippen LogP contribution in [0.1, 0.15) is 16.7 Å². The van der Waals surface area contributed by atoms with E-state index in [2.05, 4.69) is 67.1 Å². The first kappa shape index (κ1) is 11.5. The van der Waals surface area contributed by atoms with Gasteiger partial charge in [0.15, 0.2) is 0 Å². The highest BCUT2D eigenvalue weighted by Gasteiger charge is 2.21. The third-order valence-corrected chi connectivity index (χ3v) is 4.04. The molecule has 20 heavy (non-hydrogen) atoms. The Morgan fingerprint density at radius 3 is 2.75 bits per heavy atom. The Morgan fingerprint density at radius 2 is 1.85 bits per heavy atom. The maximum Gasteiger partial charge on any atom is 0.141 e. The normalized spacial score (nSPS) is 12.3. The van der Waals surface area contributed by atoms with Crippen LogP contribution in [0.4, 0.5) is 0 Å². The van der Waals surface area contributed by atoms with E-state index in [1.165, 1.54) is 27.8 Å². The first-order valence-corrected chi connectivity index (χ1v) is 6.95. The third-order valence-electron chi connectivity index (χ3n) is 4.04. The van der Waals surface area contributed by atoms with Gasteiger partial charge in [0.1, 0.15) is 5.82 Å². The van der Waals surface area contributed by atoms with Crippen LogP contribution in [-0.2, 0) is 6.54 Å². The summed E-state index contributed by atoms with van der Waals surface area (Å²) < 4.78 is 2.25. The van der Waals surface area contributed by atoms with Gasteiger partial charge >= 0.3 is 0 Å². The molecule has 0 unspecified atom stereocenters. The van der Waals surface area contributed by atoms with Gasteiger partial charge in [0, 0.05) is 23.9 Å². The number of imidazole rings is 1. The zero-order valence-electron chi connectivity index (χ0n) is 11.7. The molecule has 0 aliphatic carbocycles. The van der Waals surface area contributed by atoms with Gasteiger partial charge in [0.25, 0.3) is 0 Å². The second kappa shape index (κ2) is 4.07. The summed E-state index contributed by atoms with van der Waals surface area (Å²) >= 11 is 0. The molecule has 0 saturated heterocycles. The Bertz CT molecular complexity index is 812. The van der Waals surface area contributed by atoms with Crippen molar-refractivity contribution < 1.29 is 0 Å². The SMILES string of the molecule is Cc1ccc(C)c(-c2cn3c(n2)-c2ccccc2C3)c1. The highest BCUT2D eigenvalue weighted by molar-refractivity contribution is 5.71. The number of fused-ring (bicyclic) bond motifs is 3. The van der Waals surface area contributed by atoms with Gasteiger partial charge < -0.3 is 4.57 Å². The molecule has 1 aliphatic heterocycles. The van der Waals surface area contributed by atoms with Crippen molar-refractivity contribution in [1.29, 1.82) is 0 Å². The maximum atomic E-state index is 4.87. The highest BCUT2D eigenvalue weighted by Crippen LogP contribution is 2.34. The van der Waals surface area contributed by atoms with Crippen molar-refractivity contribution in [3.63, 3.8) is 0 Å². The predicted molar refractivity (Wildman–Crippen MR) is 81.7 cm³/mol. The number of aryl methyl sites for hydroxylation is 2. The third kappa shape index (κ3) is 1.61. The molecule has 0 N–H and O–H groups in total. The summed E-state index contributed by atoms with van der Waals surface area (Å²) in [5, 5.41) is 0. The first-order valence-electron chi connectivity index (χ1n) is 6.95. The summed E-state index contributed by atoms with van der Waals surface area (Å²) in [6.07, 6.45) is 2.18. The van der Waals surface area contributed by atoms with Crippen molar-refractivity contribution in [3.8, 4) is 22.6 Å². The fourth-order valence-electron chi connectivity index (χ4n) is 2.95. The molecule has 0 atom stereocenters. The first-order chi connectivity index (χ1) is 9.72. The van der Waals surface area contributed by atoms with Gasteiger partial charge in [-0.25, -0.2) is 4.98 Å². The largest absolute Gasteiger partial charge is 0.326 e. The van der Waals surface area contributed by atoms with Crippen LogP contribution in [0, 0.1) is 13.8 Å². The minimum atomic E-state index is 0.934. The standard InChI is InChI=1S/C18H16N2/c1-12-7-8-13(2)16(9-12)17-11-20-10-14-5-3-4-6-15(14)18(20)19-17/h3-9,11H,10H2,1-2H3. The molecule has 0 bridgehead atoms. The molecule has 3 aromatic rings. The molecule has 4 rings (SSSR count). The van der Waals surface area contributed by atoms with Gasteiger partial charge in [-0.1, -0.05) is 42.0 Å². The Morgan fingerprint density at radius 1 is 1.00 bits per heavy atom. The van der Waals surface area contributed by atoms with Crippen LogP contribution in [0.25, 0.3) is 22.6 Å². The van der Waals surface area contributed by atoms with Crippen LogP contribution < -0.4 is 0 Å². The number of nitrogens with zero attached hydrogens (tertiary/aromatic N) is 2. The monoisotopic (exact) mass is 260 g/mol. The summed E-state index contributed by atoms with van der Waals surface area (Å²) in [6.45, 7) is 5.21. The van der Waals surface area contributed by atoms with Gasteiger partial charge in [-0.15, -0.1) is 0 Å².